The fourth-order valence-corrected chi connectivity index (χ4v) is 2.45. The van der Waals surface area contributed by atoms with E-state index in [-0.39, 0.29) is 17.9 Å². The van der Waals surface area contributed by atoms with E-state index in [9.17, 15) is 14.7 Å². The molecular formula is C14H26N2O3. The van der Waals surface area contributed by atoms with Gasteiger partial charge in [0, 0.05) is 13.0 Å². The normalized spacial score (nSPS) is 21.1. The van der Waals surface area contributed by atoms with Crippen molar-refractivity contribution in [2.75, 3.05) is 19.6 Å². The average Bonchev–Trinajstić information content (AvgIpc) is 2.75. The van der Waals surface area contributed by atoms with E-state index in [0.29, 0.717) is 18.8 Å². The fourth-order valence-electron chi connectivity index (χ4n) is 2.45. The number of hydrogen-bond acceptors (Lipinski definition) is 3. The minimum atomic E-state index is -0.835. The standard InChI is InChI=1S/C14H26N2O3/c1-14(2,3)7-11(13(18)19)9-16-12(17)6-10-4-5-15-8-10/h10-11,15H,4-9H2,1-3H3,(H,16,17)(H,18,19). The number of carbonyl (C=O) groups is 2. The van der Waals surface area contributed by atoms with Gasteiger partial charge in [-0.2, -0.15) is 0 Å². The summed E-state index contributed by atoms with van der Waals surface area (Å²) in [6.07, 6.45) is 2.08. The Morgan fingerprint density at radius 1 is 1.42 bits per heavy atom. The lowest BCUT2D eigenvalue weighted by atomic mass is 9.84. The third kappa shape index (κ3) is 6.57. The fraction of sp³-hybridized carbons (Fsp3) is 0.857. The van der Waals surface area contributed by atoms with Gasteiger partial charge in [-0.15, -0.1) is 0 Å². The molecular weight excluding hydrogens is 244 g/mol. The van der Waals surface area contributed by atoms with Crippen LogP contribution >= 0.6 is 0 Å². The van der Waals surface area contributed by atoms with Crippen LogP contribution < -0.4 is 10.6 Å². The summed E-state index contributed by atoms with van der Waals surface area (Å²) in [6.45, 7) is 8.11. The highest BCUT2D eigenvalue weighted by Crippen LogP contribution is 2.24. The van der Waals surface area contributed by atoms with Gasteiger partial charge in [0.15, 0.2) is 0 Å². The Morgan fingerprint density at radius 2 is 2.11 bits per heavy atom. The molecule has 0 aromatic carbocycles. The van der Waals surface area contributed by atoms with Crippen LogP contribution in [0.25, 0.3) is 0 Å². The second-order valence-electron chi connectivity index (χ2n) is 6.67. The van der Waals surface area contributed by atoms with Gasteiger partial charge in [0.05, 0.1) is 5.92 Å². The lowest BCUT2D eigenvalue weighted by Crippen LogP contribution is -2.35. The van der Waals surface area contributed by atoms with E-state index in [1.807, 2.05) is 20.8 Å². The number of rotatable bonds is 6. The molecule has 1 aliphatic heterocycles. The number of amides is 1. The number of hydrogen-bond donors (Lipinski definition) is 3. The van der Waals surface area contributed by atoms with E-state index in [1.165, 1.54) is 0 Å². The molecule has 0 bridgehead atoms. The number of aliphatic carboxylic acids is 1. The summed E-state index contributed by atoms with van der Waals surface area (Å²) >= 11 is 0. The molecule has 110 valence electrons. The van der Waals surface area contributed by atoms with Gasteiger partial charge in [-0.05, 0) is 37.3 Å². The SMILES string of the molecule is CC(C)(C)CC(CNC(=O)CC1CCNC1)C(=O)O. The van der Waals surface area contributed by atoms with Gasteiger partial charge in [0.1, 0.15) is 0 Å². The second-order valence-corrected chi connectivity index (χ2v) is 6.67. The van der Waals surface area contributed by atoms with Crippen LogP contribution in [0.2, 0.25) is 0 Å². The molecule has 0 saturated carbocycles. The Hall–Kier alpha value is -1.10. The maximum absolute atomic E-state index is 11.8. The Bertz CT molecular complexity index is 317. The summed E-state index contributed by atoms with van der Waals surface area (Å²) in [5, 5.41) is 15.2. The Kier molecular flexibility index (Phi) is 5.79. The first-order chi connectivity index (χ1) is 8.78. The zero-order valence-electron chi connectivity index (χ0n) is 12.2. The molecule has 0 radical (unpaired) electrons. The van der Waals surface area contributed by atoms with Gasteiger partial charge in [-0.25, -0.2) is 0 Å². The molecule has 5 nitrogen and oxygen atoms in total. The average molecular weight is 270 g/mol. The molecule has 1 aliphatic rings. The van der Waals surface area contributed by atoms with Gasteiger partial charge in [-0.3, -0.25) is 9.59 Å². The molecule has 1 saturated heterocycles. The second kappa shape index (κ2) is 6.89. The van der Waals surface area contributed by atoms with Crippen molar-refractivity contribution in [2.45, 2.75) is 40.0 Å². The van der Waals surface area contributed by atoms with Crippen molar-refractivity contribution in [1.82, 2.24) is 10.6 Å². The van der Waals surface area contributed by atoms with E-state index < -0.39 is 11.9 Å². The molecule has 3 N–H and O–H groups in total. The highest BCUT2D eigenvalue weighted by atomic mass is 16.4. The highest BCUT2D eigenvalue weighted by Gasteiger charge is 2.25. The lowest BCUT2D eigenvalue weighted by Gasteiger charge is -2.23. The molecule has 2 unspecified atom stereocenters. The first-order valence-electron chi connectivity index (χ1n) is 6.98. The molecule has 1 fully saturated rings. The van der Waals surface area contributed by atoms with Crippen molar-refractivity contribution in [3.05, 3.63) is 0 Å². The maximum Gasteiger partial charge on any atom is 0.308 e. The Balaban J connectivity index is 2.34. The highest BCUT2D eigenvalue weighted by molar-refractivity contribution is 5.77. The Morgan fingerprint density at radius 3 is 2.58 bits per heavy atom. The lowest BCUT2D eigenvalue weighted by molar-refractivity contribution is -0.142. The predicted octanol–water partition coefficient (Wildman–Crippen LogP) is 1.24. The van der Waals surface area contributed by atoms with Crippen molar-refractivity contribution in [3.8, 4) is 0 Å². The zero-order valence-corrected chi connectivity index (χ0v) is 12.2. The number of nitrogens with one attached hydrogen (secondary N) is 2. The monoisotopic (exact) mass is 270 g/mol. The summed E-state index contributed by atoms with van der Waals surface area (Å²) < 4.78 is 0. The molecule has 0 aromatic rings. The third-order valence-corrected chi connectivity index (χ3v) is 3.39. The molecule has 1 heterocycles. The minimum absolute atomic E-state index is 0.0335. The van der Waals surface area contributed by atoms with Crippen LogP contribution in [0.4, 0.5) is 0 Å². The van der Waals surface area contributed by atoms with Gasteiger partial charge >= 0.3 is 5.97 Å². The van der Waals surface area contributed by atoms with Gasteiger partial charge in [0.25, 0.3) is 0 Å². The number of carboxylic acids is 1. The van der Waals surface area contributed by atoms with Crippen molar-refractivity contribution in [1.29, 1.82) is 0 Å². The van der Waals surface area contributed by atoms with Crippen LogP contribution in [0.3, 0.4) is 0 Å². The van der Waals surface area contributed by atoms with Gasteiger partial charge in [-0.1, -0.05) is 20.8 Å². The quantitative estimate of drug-likeness (QED) is 0.678. The minimum Gasteiger partial charge on any atom is -0.481 e. The van der Waals surface area contributed by atoms with E-state index in [1.54, 1.807) is 0 Å². The predicted molar refractivity (Wildman–Crippen MR) is 73.8 cm³/mol. The van der Waals surface area contributed by atoms with Crippen LogP contribution in [0.1, 0.15) is 40.0 Å². The van der Waals surface area contributed by atoms with Crippen LogP contribution in [-0.4, -0.2) is 36.6 Å². The molecule has 0 aromatic heterocycles. The van der Waals surface area contributed by atoms with Crippen molar-refractivity contribution in [2.24, 2.45) is 17.3 Å². The zero-order chi connectivity index (χ0) is 14.5. The van der Waals surface area contributed by atoms with E-state index >= 15 is 0 Å². The van der Waals surface area contributed by atoms with Crippen molar-refractivity contribution >= 4 is 11.9 Å². The van der Waals surface area contributed by atoms with Crippen molar-refractivity contribution < 1.29 is 14.7 Å². The van der Waals surface area contributed by atoms with Crippen LogP contribution in [-0.2, 0) is 9.59 Å². The summed E-state index contributed by atoms with van der Waals surface area (Å²) in [4.78, 5) is 22.9. The third-order valence-electron chi connectivity index (χ3n) is 3.39. The molecule has 2 atom stereocenters. The molecule has 0 spiro atoms. The molecule has 1 amide bonds. The molecule has 19 heavy (non-hydrogen) atoms. The largest absolute Gasteiger partial charge is 0.481 e. The van der Waals surface area contributed by atoms with Crippen LogP contribution in [0.15, 0.2) is 0 Å². The Labute approximate surface area is 115 Å². The van der Waals surface area contributed by atoms with E-state index in [0.717, 1.165) is 19.5 Å². The van der Waals surface area contributed by atoms with Gasteiger partial charge < -0.3 is 15.7 Å². The molecule has 5 heteroatoms. The summed E-state index contributed by atoms with van der Waals surface area (Å²) in [5.41, 5.74) is -0.0524. The topological polar surface area (TPSA) is 78.4 Å². The van der Waals surface area contributed by atoms with Crippen molar-refractivity contribution in [3.63, 3.8) is 0 Å². The first-order valence-corrected chi connectivity index (χ1v) is 6.98. The van der Waals surface area contributed by atoms with E-state index in [4.69, 9.17) is 0 Å². The number of carboxylic acid groups (broad SMARTS) is 1. The molecule has 1 rings (SSSR count). The summed E-state index contributed by atoms with van der Waals surface area (Å²) in [5.74, 6) is -0.983. The van der Waals surface area contributed by atoms with Gasteiger partial charge in [0.2, 0.25) is 5.91 Å². The summed E-state index contributed by atoms with van der Waals surface area (Å²) in [7, 11) is 0. The number of carbonyl (C=O) groups excluding carboxylic acids is 1. The van der Waals surface area contributed by atoms with E-state index in [2.05, 4.69) is 10.6 Å². The summed E-state index contributed by atoms with van der Waals surface area (Å²) in [6, 6.07) is 0. The first kappa shape index (κ1) is 16.0. The van der Waals surface area contributed by atoms with Crippen LogP contribution in [0.5, 0.6) is 0 Å². The van der Waals surface area contributed by atoms with Crippen LogP contribution in [0, 0.1) is 17.3 Å². The maximum atomic E-state index is 11.8. The molecule has 0 aliphatic carbocycles. The smallest absolute Gasteiger partial charge is 0.308 e.